The van der Waals surface area contributed by atoms with Crippen molar-refractivity contribution in [2.45, 2.75) is 46.5 Å². The average Bonchev–Trinajstić information content (AvgIpc) is 2.72. The van der Waals surface area contributed by atoms with Crippen LogP contribution in [0.3, 0.4) is 0 Å². The number of carbonyl (C=O) groups is 2. The molecule has 2 amide bonds. The molecule has 3 rings (SSSR count). The predicted molar refractivity (Wildman–Crippen MR) is 120 cm³/mol. The van der Waals surface area contributed by atoms with Crippen molar-refractivity contribution in [3.8, 4) is 0 Å². The molecule has 0 aliphatic carbocycles. The standard InChI is InChI=1S/C24H31N3O2/c1-18-7-8-21(17-19(18)2)25-24(29)13-16-27(20(3)28)23-11-9-22(10-12-23)26-14-5-4-6-15-26/h7-12,17H,4-6,13-16H2,1-3H3,(H,25,29). The molecule has 0 radical (unpaired) electrons. The molecule has 154 valence electrons. The molecule has 5 nitrogen and oxygen atoms in total. The Hall–Kier alpha value is -2.82. The maximum absolute atomic E-state index is 12.4. The Bertz CT molecular complexity index is 855. The topological polar surface area (TPSA) is 52.7 Å². The molecule has 2 aromatic carbocycles. The van der Waals surface area contributed by atoms with E-state index in [2.05, 4.69) is 22.3 Å². The summed E-state index contributed by atoms with van der Waals surface area (Å²) in [7, 11) is 0. The second-order valence-electron chi connectivity index (χ2n) is 7.83. The molecular weight excluding hydrogens is 362 g/mol. The maximum Gasteiger partial charge on any atom is 0.226 e. The van der Waals surface area contributed by atoms with Gasteiger partial charge in [0.2, 0.25) is 11.8 Å². The molecule has 1 aliphatic heterocycles. The normalized spacial score (nSPS) is 13.8. The Kier molecular flexibility index (Phi) is 6.91. The van der Waals surface area contributed by atoms with Crippen molar-refractivity contribution in [1.82, 2.24) is 0 Å². The lowest BCUT2D eigenvalue weighted by Crippen LogP contribution is -2.32. The summed E-state index contributed by atoms with van der Waals surface area (Å²) in [6, 6.07) is 14.0. The molecule has 1 aliphatic rings. The number of amides is 2. The number of benzene rings is 2. The number of hydrogen-bond acceptors (Lipinski definition) is 3. The second-order valence-corrected chi connectivity index (χ2v) is 7.83. The van der Waals surface area contributed by atoms with Gasteiger partial charge in [-0.1, -0.05) is 6.07 Å². The van der Waals surface area contributed by atoms with E-state index < -0.39 is 0 Å². The van der Waals surface area contributed by atoms with Gasteiger partial charge in [0.05, 0.1) is 0 Å². The minimum Gasteiger partial charge on any atom is -0.372 e. The highest BCUT2D eigenvalue weighted by Crippen LogP contribution is 2.24. The first-order valence-corrected chi connectivity index (χ1v) is 10.4. The van der Waals surface area contributed by atoms with Crippen LogP contribution in [0.5, 0.6) is 0 Å². The first kappa shape index (κ1) is 20.9. The molecule has 1 fully saturated rings. The third-order valence-electron chi connectivity index (χ3n) is 5.62. The molecule has 29 heavy (non-hydrogen) atoms. The molecule has 0 unspecified atom stereocenters. The molecule has 5 heteroatoms. The Morgan fingerprint density at radius 1 is 0.966 bits per heavy atom. The van der Waals surface area contributed by atoms with Crippen molar-refractivity contribution in [2.24, 2.45) is 0 Å². The van der Waals surface area contributed by atoms with E-state index in [0.717, 1.165) is 30.0 Å². The Morgan fingerprint density at radius 3 is 2.28 bits per heavy atom. The van der Waals surface area contributed by atoms with Gasteiger partial charge in [0.1, 0.15) is 0 Å². The number of hydrogen-bond donors (Lipinski definition) is 1. The summed E-state index contributed by atoms with van der Waals surface area (Å²) in [6.07, 6.45) is 4.02. The lowest BCUT2D eigenvalue weighted by molar-refractivity contribution is -0.117. The lowest BCUT2D eigenvalue weighted by atomic mass is 10.1. The summed E-state index contributed by atoms with van der Waals surface area (Å²) in [5, 5.41) is 2.92. The SMILES string of the molecule is CC(=O)N(CCC(=O)Nc1ccc(C)c(C)c1)c1ccc(N2CCCCC2)cc1. The number of piperidine rings is 1. The number of nitrogens with zero attached hydrogens (tertiary/aromatic N) is 2. The molecule has 0 spiro atoms. The molecule has 0 saturated carbocycles. The van der Waals surface area contributed by atoms with Crippen LogP contribution in [0, 0.1) is 13.8 Å². The highest BCUT2D eigenvalue weighted by Gasteiger charge is 2.15. The van der Waals surface area contributed by atoms with Gasteiger partial charge in [-0.05, 0) is 80.6 Å². The van der Waals surface area contributed by atoms with E-state index in [1.165, 1.54) is 30.5 Å². The molecule has 2 aromatic rings. The maximum atomic E-state index is 12.4. The number of carbonyl (C=O) groups excluding carboxylic acids is 2. The quantitative estimate of drug-likeness (QED) is 0.776. The van der Waals surface area contributed by atoms with Gasteiger partial charge in [0.25, 0.3) is 0 Å². The van der Waals surface area contributed by atoms with Crippen molar-refractivity contribution >= 4 is 28.9 Å². The van der Waals surface area contributed by atoms with Crippen molar-refractivity contribution < 1.29 is 9.59 Å². The fourth-order valence-corrected chi connectivity index (χ4v) is 3.72. The molecular formula is C24H31N3O2. The third-order valence-corrected chi connectivity index (χ3v) is 5.62. The molecule has 1 saturated heterocycles. The number of nitrogens with one attached hydrogen (secondary N) is 1. The minimum absolute atomic E-state index is 0.0605. The van der Waals surface area contributed by atoms with Gasteiger partial charge in [-0.25, -0.2) is 0 Å². The van der Waals surface area contributed by atoms with Gasteiger partial charge in [-0.3, -0.25) is 9.59 Å². The van der Waals surface area contributed by atoms with Gasteiger partial charge in [0.15, 0.2) is 0 Å². The zero-order chi connectivity index (χ0) is 20.8. The monoisotopic (exact) mass is 393 g/mol. The summed E-state index contributed by atoms with van der Waals surface area (Å²) in [5.41, 5.74) is 5.15. The van der Waals surface area contributed by atoms with Crippen molar-refractivity contribution in [2.75, 3.05) is 34.8 Å². The van der Waals surface area contributed by atoms with E-state index in [0.29, 0.717) is 6.54 Å². The first-order chi connectivity index (χ1) is 13.9. The molecule has 0 atom stereocenters. The largest absolute Gasteiger partial charge is 0.372 e. The van der Waals surface area contributed by atoms with Crippen molar-refractivity contribution in [3.05, 3.63) is 53.6 Å². The van der Waals surface area contributed by atoms with Gasteiger partial charge in [-0.15, -0.1) is 0 Å². The summed E-state index contributed by atoms with van der Waals surface area (Å²) < 4.78 is 0. The molecule has 0 aromatic heterocycles. The Morgan fingerprint density at radius 2 is 1.66 bits per heavy atom. The van der Waals surface area contributed by atoms with Gasteiger partial charge < -0.3 is 15.1 Å². The fraction of sp³-hybridized carbons (Fsp3) is 0.417. The molecule has 0 bridgehead atoms. The van der Waals surface area contributed by atoms with E-state index in [1.54, 1.807) is 11.8 Å². The van der Waals surface area contributed by atoms with E-state index in [-0.39, 0.29) is 18.2 Å². The smallest absolute Gasteiger partial charge is 0.226 e. The van der Waals surface area contributed by atoms with Crippen LogP contribution < -0.4 is 15.1 Å². The fourth-order valence-electron chi connectivity index (χ4n) is 3.72. The lowest BCUT2D eigenvalue weighted by Gasteiger charge is -2.29. The zero-order valence-corrected chi connectivity index (χ0v) is 17.7. The minimum atomic E-state index is -0.0931. The van der Waals surface area contributed by atoms with Gasteiger partial charge in [-0.2, -0.15) is 0 Å². The predicted octanol–water partition coefficient (Wildman–Crippen LogP) is 4.68. The number of anilines is 3. The number of rotatable bonds is 6. The highest BCUT2D eigenvalue weighted by atomic mass is 16.2. The highest BCUT2D eigenvalue weighted by molar-refractivity contribution is 5.95. The van der Waals surface area contributed by atoms with Crippen LogP contribution in [0.25, 0.3) is 0 Å². The third kappa shape index (κ3) is 5.59. The van der Waals surface area contributed by atoms with Gasteiger partial charge in [0, 0.05) is 50.0 Å². The Labute approximate surface area is 173 Å². The van der Waals surface area contributed by atoms with Crippen LogP contribution in [0.2, 0.25) is 0 Å². The van der Waals surface area contributed by atoms with E-state index >= 15 is 0 Å². The summed E-state index contributed by atoms with van der Waals surface area (Å²) in [6.45, 7) is 8.15. The van der Waals surface area contributed by atoms with E-state index in [1.807, 2.05) is 44.2 Å². The van der Waals surface area contributed by atoms with Crippen LogP contribution in [0.4, 0.5) is 17.1 Å². The second kappa shape index (κ2) is 9.59. The van der Waals surface area contributed by atoms with Crippen LogP contribution in [0.15, 0.2) is 42.5 Å². The Balaban J connectivity index is 1.60. The summed E-state index contributed by atoms with van der Waals surface area (Å²) in [5.74, 6) is -0.154. The summed E-state index contributed by atoms with van der Waals surface area (Å²) >= 11 is 0. The van der Waals surface area contributed by atoms with Crippen LogP contribution >= 0.6 is 0 Å². The van der Waals surface area contributed by atoms with E-state index in [9.17, 15) is 9.59 Å². The summed E-state index contributed by atoms with van der Waals surface area (Å²) in [4.78, 5) is 28.6. The van der Waals surface area contributed by atoms with Crippen molar-refractivity contribution in [1.29, 1.82) is 0 Å². The van der Waals surface area contributed by atoms with Crippen LogP contribution in [-0.4, -0.2) is 31.4 Å². The van der Waals surface area contributed by atoms with Crippen LogP contribution in [0.1, 0.15) is 43.7 Å². The van der Waals surface area contributed by atoms with E-state index in [4.69, 9.17) is 0 Å². The van der Waals surface area contributed by atoms with Crippen LogP contribution in [-0.2, 0) is 9.59 Å². The van der Waals surface area contributed by atoms with Gasteiger partial charge >= 0.3 is 0 Å². The average molecular weight is 394 g/mol. The van der Waals surface area contributed by atoms with Crippen molar-refractivity contribution in [3.63, 3.8) is 0 Å². The molecule has 1 N–H and O–H groups in total. The molecule has 1 heterocycles. The number of aryl methyl sites for hydroxylation is 2. The first-order valence-electron chi connectivity index (χ1n) is 10.4. The zero-order valence-electron chi connectivity index (χ0n) is 17.7.